The molecule has 0 radical (unpaired) electrons. The number of amidine groups is 1. The summed E-state index contributed by atoms with van der Waals surface area (Å²) in [6.45, 7) is 3.14. The van der Waals surface area contributed by atoms with E-state index in [2.05, 4.69) is 32.9 Å². The molecule has 0 saturated carbocycles. The molecule has 1 aromatic rings. The lowest BCUT2D eigenvalue weighted by atomic mass is 10.1. The maximum atomic E-state index is 8.81. The van der Waals surface area contributed by atoms with Crippen LogP contribution < -0.4 is 10.6 Å². The second kappa shape index (κ2) is 7.26. The first kappa shape index (κ1) is 14.8. The highest BCUT2D eigenvalue weighted by molar-refractivity contribution is 9.10. The highest BCUT2D eigenvalue weighted by Gasteiger charge is 2.11. The monoisotopic (exact) mass is 313 g/mol. The van der Waals surface area contributed by atoms with E-state index in [-0.39, 0.29) is 5.84 Å². The van der Waals surface area contributed by atoms with E-state index in [1.807, 2.05) is 25.2 Å². The number of rotatable bonds is 6. The summed E-state index contributed by atoms with van der Waals surface area (Å²) in [5, 5.41) is 11.9. The van der Waals surface area contributed by atoms with E-state index in [1.165, 1.54) is 12.8 Å². The van der Waals surface area contributed by atoms with Gasteiger partial charge in [0.15, 0.2) is 5.84 Å². The van der Waals surface area contributed by atoms with Crippen molar-refractivity contribution in [3.8, 4) is 0 Å². The molecule has 0 spiro atoms. The third-order valence-electron chi connectivity index (χ3n) is 2.85. The zero-order valence-electron chi connectivity index (χ0n) is 10.9. The molecule has 0 heterocycles. The molecule has 0 aliphatic rings. The Hall–Kier alpha value is -1.23. The molecule has 100 valence electrons. The van der Waals surface area contributed by atoms with Crippen molar-refractivity contribution >= 4 is 27.5 Å². The summed E-state index contributed by atoms with van der Waals surface area (Å²) in [5.74, 6) is 0.139. The van der Waals surface area contributed by atoms with Crippen LogP contribution in [0, 0.1) is 0 Å². The molecule has 0 aliphatic heterocycles. The molecule has 0 atom stereocenters. The summed E-state index contributed by atoms with van der Waals surface area (Å²) in [6.07, 6.45) is 3.53. The standard InChI is InChI=1S/C13H20BrN3O/c1-3-4-5-8-17(2)12-9-10(14)6-7-11(12)13(15)16-18/h6-7,9,18H,3-5,8H2,1-2H3,(H2,15,16). The fourth-order valence-corrected chi connectivity index (χ4v) is 2.16. The summed E-state index contributed by atoms with van der Waals surface area (Å²) in [5.41, 5.74) is 7.41. The first-order valence-electron chi connectivity index (χ1n) is 6.08. The van der Waals surface area contributed by atoms with Crippen LogP contribution in [0.3, 0.4) is 0 Å². The average molecular weight is 314 g/mol. The fraction of sp³-hybridized carbons (Fsp3) is 0.462. The molecule has 0 fully saturated rings. The number of anilines is 1. The molecule has 0 unspecified atom stereocenters. The first-order valence-corrected chi connectivity index (χ1v) is 6.88. The Morgan fingerprint density at radius 2 is 2.17 bits per heavy atom. The van der Waals surface area contributed by atoms with Crippen molar-refractivity contribution < 1.29 is 5.21 Å². The summed E-state index contributed by atoms with van der Waals surface area (Å²) in [6, 6.07) is 5.72. The number of nitrogens with zero attached hydrogens (tertiary/aromatic N) is 2. The molecule has 0 saturated heterocycles. The van der Waals surface area contributed by atoms with Crippen LogP contribution in [0.15, 0.2) is 27.8 Å². The lowest BCUT2D eigenvalue weighted by Gasteiger charge is -2.22. The van der Waals surface area contributed by atoms with Crippen molar-refractivity contribution in [3.05, 3.63) is 28.2 Å². The molecule has 1 aromatic carbocycles. The van der Waals surface area contributed by atoms with Gasteiger partial charge in [0.25, 0.3) is 0 Å². The van der Waals surface area contributed by atoms with Crippen LogP contribution in [0.2, 0.25) is 0 Å². The van der Waals surface area contributed by atoms with E-state index in [9.17, 15) is 0 Å². The molecular formula is C13H20BrN3O. The fourth-order valence-electron chi connectivity index (χ4n) is 1.81. The Morgan fingerprint density at radius 1 is 1.44 bits per heavy atom. The Balaban J connectivity index is 2.94. The highest BCUT2D eigenvalue weighted by Crippen LogP contribution is 2.24. The molecule has 4 nitrogen and oxygen atoms in total. The van der Waals surface area contributed by atoms with Crippen molar-refractivity contribution in [1.29, 1.82) is 0 Å². The topological polar surface area (TPSA) is 61.8 Å². The van der Waals surface area contributed by atoms with Gasteiger partial charge in [0, 0.05) is 29.3 Å². The molecule has 1 rings (SSSR count). The van der Waals surface area contributed by atoms with E-state index in [4.69, 9.17) is 10.9 Å². The maximum Gasteiger partial charge on any atom is 0.172 e. The van der Waals surface area contributed by atoms with Crippen molar-refractivity contribution in [1.82, 2.24) is 0 Å². The van der Waals surface area contributed by atoms with Gasteiger partial charge in [-0.1, -0.05) is 40.9 Å². The van der Waals surface area contributed by atoms with Crippen LogP contribution in [0.25, 0.3) is 0 Å². The number of hydrogen-bond donors (Lipinski definition) is 2. The predicted molar refractivity (Wildman–Crippen MR) is 79.4 cm³/mol. The highest BCUT2D eigenvalue weighted by atomic mass is 79.9. The van der Waals surface area contributed by atoms with E-state index in [0.717, 1.165) is 28.7 Å². The zero-order valence-corrected chi connectivity index (χ0v) is 12.4. The smallest absolute Gasteiger partial charge is 0.172 e. The Bertz CT molecular complexity index is 421. The lowest BCUT2D eigenvalue weighted by Crippen LogP contribution is -2.23. The van der Waals surface area contributed by atoms with Gasteiger partial charge in [-0.3, -0.25) is 0 Å². The molecule has 5 heteroatoms. The van der Waals surface area contributed by atoms with Crippen LogP contribution in [0.1, 0.15) is 31.7 Å². The minimum atomic E-state index is 0.139. The lowest BCUT2D eigenvalue weighted by molar-refractivity contribution is 0.318. The summed E-state index contributed by atoms with van der Waals surface area (Å²) >= 11 is 3.45. The van der Waals surface area contributed by atoms with Crippen molar-refractivity contribution in [2.75, 3.05) is 18.5 Å². The summed E-state index contributed by atoms with van der Waals surface area (Å²) in [7, 11) is 2.02. The number of halogens is 1. The van der Waals surface area contributed by atoms with Gasteiger partial charge >= 0.3 is 0 Å². The van der Waals surface area contributed by atoms with Gasteiger partial charge in [0.2, 0.25) is 0 Å². The normalized spacial score (nSPS) is 11.6. The van der Waals surface area contributed by atoms with Gasteiger partial charge < -0.3 is 15.8 Å². The molecule has 18 heavy (non-hydrogen) atoms. The third-order valence-corrected chi connectivity index (χ3v) is 3.35. The molecule has 0 aliphatic carbocycles. The number of nitrogens with two attached hydrogens (primary N) is 1. The third kappa shape index (κ3) is 3.91. The minimum absolute atomic E-state index is 0.139. The van der Waals surface area contributed by atoms with Crippen molar-refractivity contribution in [2.24, 2.45) is 10.9 Å². The maximum absolute atomic E-state index is 8.81. The second-order valence-corrected chi connectivity index (χ2v) is 5.19. The summed E-state index contributed by atoms with van der Waals surface area (Å²) in [4.78, 5) is 2.13. The Morgan fingerprint density at radius 3 is 2.78 bits per heavy atom. The van der Waals surface area contributed by atoms with E-state index >= 15 is 0 Å². The average Bonchev–Trinajstić information content (AvgIpc) is 2.38. The van der Waals surface area contributed by atoms with Crippen LogP contribution in [0.4, 0.5) is 5.69 Å². The molecule has 0 amide bonds. The number of unbranched alkanes of at least 4 members (excludes halogenated alkanes) is 2. The number of oxime groups is 1. The van der Waals surface area contributed by atoms with E-state index in [1.54, 1.807) is 0 Å². The zero-order chi connectivity index (χ0) is 13.5. The predicted octanol–water partition coefficient (Wildman–Crippen LogP) is 3.17. The first-order chi connectivity index (χ1) is 8.60. The van der Waals surface area contributed by atoms with Crippen molar-refractivity contribution in [2.45, 2.75) is 26.2 Å². The minimum Gasteiger partial charge on any atom is -0.409 e. The van der Waals surface area contributed by atoms with Gasteiger partial charge in [-0.2, -0.15) is 0 Å². The van der Waals surface area contributed by atoms with Crippen LogP contribution in [-0.2, 0) is 0 Å². The molecular weight excluding hydrogens is 294 g/mol. The van der Waals surface area contributed by atoms with Gasteiger partial charge in [-0.25, -0.2) is 0 Å². The molecule has 0 bridgehead atoms. The van der Waals surface area contributed by atoms with Crippen LogP contribution >= 0.6 is 15.9 Å². The van der Waals surface area contributed by atoms with Gasteiger partial charge in [-0.15, -0.1) is 0 Å². The molecule has 0 aromatic heterocycles. The number of hydrogen-bond acceptors (Lipinski definition) is 3. The summed E-state index contributed by atoms with van der Waals surface area (Å²) < 4.78 is 0.981. The SMILES string of the molecule is CCCCCN(C)c1cc(Br)ccc1/C(N)=N/O. The molecule has 3 N–H and O–H groups in total. The Labute approximate surface area is 117 Å². The Kier molecular flexibility index (Phi) is 5.98. The van der Waals surface area contributed by atoms with Gasteiger partial charge in [0.05, 0.1) is 0 Å². The largest absolute Gasteiger partial charge is 0.409 e. The van der Waals surface area contributed by atoms with Gasteiger partial charge in [0.1, 0.15) is 0 Å². The van der Waals surface area contributed by atoms with Crippen molar-refractivity contribution in [3.63, 3.8) is 0 Å². The number of benzene rings is 1. The van der Waals surface area contributed by atoms with Gasteiger partial charge in [-0.05, 0) is 24.6 Å². The van der Waals surface area contributed by atoms with E-state index in [0.29, 0.717) is 0 Å². The quantitative estimate of drug-likeness (QED) is 0.279. The van der Waals surface area contributed by atoms with Crippen LogP contribution in [0.5, 0.6) is 0 Å². The van der Waals surface area contributed by atoms with E-state index < -0.39 is 0 Å². The van der Waals surface area contributed by atoms with Crippen LogP contribution in [-0.4, -0.2) is 24.6 Å². The second-order valence-electron chi connectivity index (χ2n) is 4.28.